The van der Waals surface area contributed by atoms with Gasteiger partial charge in [-0.25, -0.2) is 4.98 Å². The number of esters is 1. The summed E-state index contributed by atoms with van der Waals surface area (Å²) in [5, 5.41) is 13.3. The summed E-state index contributed by atoms with van der Waals surface area (Å²) in [5.74, 6) is -2.69. The van der Waals surface area contributed by atoms with E-state index >= 15 is 0 Å². The normalized spacial score (nSPS) is 10.5. The molecule has 3 aromatic rings. The third kappa shape index (κ3) is 4.58. The van der Waals surface area contributed by atoms with E-state index in [9.17, 15) is 28.9 Å². The molecule has 148 valence electrons. The van der Waals surface area contributed by atoms with Crippen LogP contribution >= 0.6 is 0 Å². The van der Waals surface area contributed by atoms with Crippen molar-refractivity contribution in [3.63, 3.8) is 0 Å². The van der Waals surface area contributed by atoms with Crippen molar-refractivity contribution in [2.75, 3.05) is 11.9 Å². The molecule has 0 saturated heterocycles. The van der Waals surface area contributed by atoms with Gasteiger partial charge in [0.05, 0.1) is 22.2 Å². The summed E-state index contributed by atoms with van der Waals surface area (Å²) in [6.07, 6.45) is 1.20. The Hall–Kier alpha value is -4.15. The molecule has 29 heavy (non-hydrogen) atoms. The van der Waals surface area contributed by atoms with Crippen LogP contribution in [0.15, 0.2) is 53.6 Å². The van der Waals surface area contributed by atoms with Crippen molar-refractivity contribution < 1.29 is 23.6 Å². The Morgan fingerprint density at radius 2 is 2.00 bits per heavy atom. The van der Waals surface area contributed by atoms with Gasteiger partial charge in [0.2, 0.25) is 5.82 Å². The van der Waals surface area contributed by atoms with Crippen LogP contribution in [0.25, 0.3) is 10.9 Å². The molecule has 1 amide bonds. The molecule has 0 atom stereocenters. The first-order valence-corrected chi connectivity index (χ1v) is 8.19. The second-order valence-electron chi connectivity index (χ2n) is 5.83. The van der Waals surface area contributed by atoms with Crippen molar-refractivity contribution >= 4 is 34.2 Å². The molecule has 0 aliphatic heterocycles. The van der Waals surface area contributed by atoms with Gasteiger partial charge in [-0.15, -0.1) is 0 Å². The number of nitrogens with zero attached hydrogens (tertiary/aromatic N) is 3. The summed E-state index contributed by atoms with van der Waals surface area (Å²) in [7, 11) is 0. The van der Waals surface area contributed by atoms with Crippen LogP contribution in [0.2, 0.25) is 0 Å². The van der Waals surface area contributed by atoms with E-state index in [0.29, 0.717) is 10.9 Å². The molecule has 11 heteroatoms. The predicted molar refractivity (Wildman–Crippen MR) is 98.6 cm³/mol. The molecule has 0 aliphatic carbocycles. The number of carbonyl (C=O) groups is 2. The fourth-order valence-electron chi connectivity index (χ4n) is 2.48. The Morgan fingerprint density at radius 1 is 1.24 bits per heavy atom. The summed E-state index contributed by atoms with van der Waals surface area (Å²) >= 11 is 0. The standard InChI is InChI=1S/C18H13FN4O6/c19-13-6-5-11(7-15(13)23(27)28)21-16(24)9-29-17(25)8-22-10-20-14-4-2-1-3-12(14)18(22)26/h1-7,10H,8-9H2,(H,21,24). The first kappa shape index (κ1) is 19.6. The minimum Gasteiger partial charge on any atom is -0.454 e. The zero-order chi connectivity index (χ0) is 21.0. The fourth-order valence-corrected chi connectivity index (χ4v) is 2.48. The Morgan fingerprint density at radius 3 is 2.76 bits per heavy atom. The van der Waals surface area contributed by atoms with E-state index in [0.717, 1.165) is 22.8 Å². The maximum Gasteiger partial charge on any atom is 0.326 e. The second-order valence-corrected chi connectivity index (χ2v) is 5.83. The molecular weight excluding hydrogens is 387 g/mol. The summed E-state index contributed by atoms with van der Waals surface area (Å²) in [6, 6.07) is 9.42. The molecule has 2 aromatic carbocycles. The van der Waals surface area contributed by atoms with E-state index in [4.69, 9.17) is 4.74 Å². The van der Waals surface area contributed by atoms with E-state index in [1.165, 1.54) is 6.33 Å². The lowest BCUT2D eigenvalue weighted by molar-refractivity contribution is -0.387. The van der Waals surface area contributed by atoms with Crippen LogP contribution in [0.1, 0.15) is 0 Å². The highest BCUT2D eigenvalue weighted by atomic mass is 19.1. The average Bonchev–Trinajstić information content (AvgIpc) is 2.70. The highest BCUT2D eigenvalue weighted by Gasteiger charge is 2.16. The van der Waals surface area contributed by atoms with Crippen molar-refractivity contribution in [1.82, 2.24) is 9.55 Å². The van der Waals surface area contributed by atoms with Crippen LogP contribution in [0, 0.1) is 15.9 Å². The summed E-state index contributed by atoms with van der Waals surface area (Å²) in [5.41, 5.74) is -0.789. The Kier molecular flexibility index (Phi) is 5.58. The van der Waals surface area contributed by atoms with Crippen molar-refractivity contribution in [3.8, 4) is 0 Å². The van der Waals surface area contributed by atoms with Gasteiger partial charge in [-0.1, -0.05) is 12.1 Å². The molecule has 0 radical (unpaired) electrons. The lowest BCUT2D eigenvalue weighted by Gasteiger charge is -2.08. The minimum absolute atomic E-state index is 0.0332. The highest BCUT2D eigenvalue weighted by molar-refractivity contribution is 5.93. The van der Waals surface area contributed by atoms with Gasteiger partial charge < -0.3 is 10.1 Å². The van der Waals surface area contributed by atoms with Crippen molar-refractivity contribution in [2.45, 2.75) is 6.54 Å². The van der Waals surface area contributed by atoms with Crippen LogP contribution in [-0.4, -0.2) is 33.0 Å². The molecule has 3 rings (SSSR count). The zero-order valence-corrected chi connectivity index (χ0v) is 14.7. The molecule has 0 spiro atoms. The van der Waals surface area contributed by atoms with Crippen LogP contribution in [-0.2, 0) is 20.9 Å². The van der Waals surface area contributed by atoms with E-state index in [1.54, 1.807) is 24.3 Å². The number of nitrogens with one attached hydrogen (secondary N) is 1. The van der Waals surface area contributed by atoms with Gasteiger partial charge in [0.15, 0.2) is 6.61 Å². The fraction of sp³-hybridized carbons (Fsp3) is 0.111. The quantitative estimate of drug-likeness (QED) is 0.378. The van der Waals surface area contributed by atoms with Gasteiger partial charge in [-0.3, -0.25) is 29.1 Å². The largest absolute Gasteiger partial charge is 0.454 e. The number of ether oxygens (including phenoxy) is 1. The summed E-state index contributed by atoms with van der Waals surface area (Å²) in [4.78, 5) is 49.9. The molecule has 0 fully saturated rings. The number of halogens is 1. The third-order valence-electron chi connectivity index (χ3n) is 3.82. The third-order valence-corrected chi connectivity index (χ3v) is 3.82. The number of fused-ring (bicyclic) bond motifs is 1. The van der Waals surface area contributed by atoms with E-state index in [2.05, 4.69) is 10.3 Å². The number of benzene rings is 2. The topological polar surface area (TPSA) is 133 Å². The molecule has 0 unspecified atom stereocenters. The van der Waals surface area contributed by atoms with E-state index < -0.39 is 47.0 Å². The number of amides is 1. The maximum absolute atomic E-state index is 13.3. The number of hydrogen-bond acceptors (Lipinski definition) is 7. The first-order valence-electron chi connectivity index (χ1n) is 8.19. The molecule has 0 aliphatic rings. The zero-order valence-electron chi connectivity index (χ0n) is 14.7. The van der Waals surface area contributed by atoms with E-state index in [-0.39, 0.29) is 5.69 Å². The Labute approximate surface area is 161 Å². The van der Waals surface area contributed by atoms with Gasteiger partial charge >= 0.3 is 11.7 Å². The number of nitro benzene ring substituents is 1. The van der Waals surface area contributed by atoms with Crippen molar-refractivity contribution in [3.05, 3.63) is 75.1 Å². The van der Waals surface area contributed by atoms with Crippen molar-refractivity contribution in [1.29, 1.82) is 0 Å². The number of para-hydroxylation sites is 1. The number of hydrogen-bond donors (Lipinski definition) is 1. The van der Waals surface area contributed by atoms with Crippen LogP contribution in [0.3, 0.4) is 0 Å². The Bertz CT molecular complexity index is 1180. The summed E-state index contributed by atoms with van der Waals surface area (Å²) < 4.78 is 19.1. The molecule has 1 N–H and O–H groups in total. The van der Waals surface area contributed by atoms with Gasteiger partial charge in [-0.05, 0) is 24.3 Å². The molecule has 1 heterocycles. The summed E-state index contributed by atoms with van der Waals surface area (Å²) in [6.45, 7) is -1.15. The van der Waals surface area contributed by atoms with E-state index in [1.807, 2.05) is 0 Å². The molecule has 1 aromatic heterocycles. The van der Waals surface area contributed by atoms with Crippen LogP contribution in [0.5, 0.6) is 0 Å². The minimum atomic E-state index is -1.05. The Balaban J connectivity index is 1.59. The number of rotatable bonds is 6. The van der Waals surface area contributed by atoms with Gasteiger partial charge in [0.25, 0.3) is 11.5 Å². The molecule has 10 nitrogen and oxygen atoms in total. The maximum atomic E-state index is 13.3. The second kappa shape index (κ2) is 8.25. The van der Waals surface area contributed by atoms with Gasteiger partial charge in [0, 0.05) is 11.8 Å². The number of anilines is 1. The van der Waals surface area contributed by atoms with Crippen LogP contribution < -0.4 is 10.9 Å². The van der Waals surface area contributed by atoms with Crippen LogP contribution in [0.4, 0.5) is 15.8 Å². The number of nitro groups is 1. The smallest absolute Gasteiger partial charge is 0.326 e. The first-order chi connectivity index (χ1) is 13.8. The lowest BCUT2D eigenvalue weighted by atomic mass is 10.2. The van der Waals surface area contributed by atoms with Gasteiger partial charge in [0.1, 0.15) is 6.54 Å². The average molecular weight is 400 g/mol. The lowest BCUT2D eigenvalue weighted by Crippen LogP contribution is -2.28. The van der Waals surface area contributed by atoms with Crippen molar-refractivity contribution in [2.24, 2.45) is 0 Å². The molecular formula is C18H13FN4O6. The monoisotopic (exact) mass is 400 g/mol. The highest BCUT2D eigenvalue weighted by Crippen LogP contribution is 2.21. The molecule has 0 saturated carbocycles. The SMILES string of the molecule is O=C(COC(=O)Cn1cnc2ccccc2c1=O)Nc1ccc(F)c([N+](=O)[O-])c1. The predicted octanol–water partition coefficient (Wildman–Crippen LogP) is 1.63. The number of carbonyl (C=O) groups excluding carboxylic acids is 2. The molecule has 0 bridgehead atoms. The number of aromatic nitrogens is 2. The van der Waals surface area contributed by atoms with Gasteiger partial charge in [-0.2, -0.15) is 4.39 Å².